The maximum Gasteiger partial charge on any atom is 0.387 e. The molecule has 26 heavy (non-hydrogen) atoms. The number of alkyl halides is 2. The average molecular weight is 368 g/mol. The van der Waals surface area contributed by atoms with Gasteiger partial charge < -0.3 is 9.47 Å². The number of hydrogen-bond donors (Lipinski definition) is 0. The quantitative estimate of drug-likeness (QED) is 0.570. The van der Waals surface area contributed by atoms with Crippen molar-refractivity contribution >= 4 is 17.8 Å². The number of amides is 4. The van der Waals surface area contributed by atoms with Crippen molar-refractivity contribution in [2.24, 2.45) is 0 Å². The molecule has 3 rings (SSSR count). The molecule has 1 aliphatic heterocycles. The van der Waals surface area contributed by atoms with Crippen molar-refractivity contribution in [3.63, 3.8) is 0 Å². The molecule has 0 bridgehead atoms. The van der Waals surface area contributed by atoms with Crippen LogP contribution in [0.1, 0.15) is 31.2 Å². The van der Waals surface area contributed by atoms with Gasteiger partial charge in [0.05, 0.1) is 13.7 Å². The van der Waals surface area contributed by atoms with Crippen molar-refractivity contribution in [1.82, 2.24) is 9.80 Å². The fraction of sp³-hybridized carbons (Fsp3) is 0.471. The van der Waals surface area contributed by atoms with Crippen LogP contribution in [0.3, 0.4) is 0 Å². The molecule has 140 valence electrons. The van der Waals surface area contributed by atoms with Gasteiger partial charge in [0.1, 0.15) is 0 Å². The van der Waals surface area contributed by atoms with E-state index >= 15 is 0 Å². The zero-order chi connectivity index (χ0) is 18.8. The Morgan fingerprint density at radius 2 is 1.81 bits per heavy atom. The number of hydrogen-bond acceptors (Lipinski definition) is 5. The molecule has 2 aliphatic rings. The smallest absolute Gasteiger partial charge is 0.387 e. The zero-order valence-electron chi connectivity index (χ0n) is 14.1. The first-order valence-electron chi connectivity index (χ1n) is 8.23. The highest BCUT2D eigenvalue weighted by Crippen LogP contribution is 2.32. The van der Waals surface area contributed by atoms with Crippen LogP contribution >= 0.6 is 0 Å². The summed E-state index contributed by atoms with van der Waals surface area (Å²) in [5.74, 6) is -1.81. The Kier molecular flexibility index (Phi) is 5.06. The maximum absolute atomic E-state index is 12.5. The molecule has 4 amide bonds. The molecule has 1 saturated heterocycles. The number of rotatable bonds is 6. The van der Waals surface area contributed by atoms with Crippen molar-refractivity contribution in [2.45, 2.75) is 44.9 Å². The number of methoxy groups -OCH3 is 1. The minimum Gasteiger partial charge on any atom is -0.493 e. The van der Waals surface area contributed by atoms with Crippen molar-refractivity contribution in [3.8, 4) is 11.5 Å². The molecule has 2 fully saturated rings. The van der Waals surface area contributed by atoms with E-state index in [4.69, 9.17) is 4.74 Å². The van der Waals surface area contributed by atoms with Gasteiger partial charge in [-0.1, -0.05) is 18.9 Å². The summed E-state index contributed by atoms with van der Waals surface area (Å²) in [6.45, 7) is -3.16. The predicted molar refractivity (Wildman–Crippen MR) is 84.7 cm³/mol. The summed E-state index contributed by atoms with van der Waals surface area (Å²) in [6, 6.07) is 3.21. The second-order valence-corrected chi connectivity index (χ2v) is 6.15. The molecule has 1 aromatic carbocycles. The summed E-state index contributed by atoms with van der Waals surface area (Å²) in [5, 5.41) is 0. The average Bonchev–Trinajstić information content (AvgIpc) is 3.19. The number of halogens is 2. The summed E-state index contributed by atoms with van der Waals surface area (Å²) in [7, 11) is 1.29. The van der Waals surface area contributed by atoms with E-state index in [9.17, 15) is 23.2 Å². The van der Waals surface area contributed by atoms with E-state index in [1.807, 2.05) is 0 Å². The summed E-state index contributed by atoms with van der Waals surface area (Å²) in [5.41, 5.74) is 0.450. The normalized spacial score (nSPS) is 18.4. The van der Waals surface area contributed by atoms with Gasteiger partial charge in [0.25, 0.3) is 0 Å². The summed E-state index contributed by atoms with van der Waals surface area (Å²) < 4.78 is 34.1. The Bertz CT molecular complexity index is 734. The number of nitrogens with zero attached hydrogens (tertiary/aromatic N) is 2. The molecular weight excluding hydrogens is 350 g/mol. The molecule has 1 heterocycles. The largest absolute Gasteiger partial charge is 0.493 e. The van der Waals surface area contributed by atoms with Crippen molar-refractivity contribution < 1.29 is 32.6 Å². The lowest BCUT2D eigenvalue weighted by Crippen LogP contribution is -2.39. The fourth-order valence-corrected chi connectivity index (χ4v) is 3.33. The molecule has 0 atom stereocenters. The number of ether oxygens (including phenoxy) is 2. The first kappa shape index (κ1) is 18.1. The Balaban J connectivity index is 1.78. The minimum absolute atomic E-state index is 0.0425. The lowest BCUT2D eigenvalue weighted by atomic mass is 10.2. The number of carbonyl (C=O) groups is 3. The molecule has 1 saturated carbocycles. The van der Waals surface area contributed by atoms with Crippen LogP contribution in [0.15, 0.2) is 18.2 Å². The molecular formula is C17H18F2N2O5. The highest BCUT2D eigenvalue weighted by atomic mass is 19.3. The van der Waals surface area contributed by atoms with Crippen LogP contribution in [0.4, 0.5) is 13.6 Å². The van der Waals surface area contributed by atoms with E-state index < -0.39 is 24.5 Å². The van der Waals surface area contributed by atoms with E-state index in [1.165, 1.54) is 25.3 Å². The Labute approximate surface area is 148 Å². The Morgan fingerprint density at radius 3 is 2.42 bits per heavy atom. The third-order valence-electron chi connectivity index (χ3n) is 4.56. The van der Waals surface area contributed by atoms with Gasteiger partial charge in [0.2, 0.25) is 0 Å². The van der Waals surface area contributed by atoms with E-state index in [2.05, 4.69) is 4.74 Å². The standard InChI is InChI=1S/C17H18F2N2O5/c1-25-13-8-10(6-7-12(13)26-16(18)19)9-20-14(22)15(23)21(17(20)24)11-4-2-3-5-11/h6-8,11,16H,2-5,9H2,1H3. The first-order chi connectivity index (χ1) is 12.4. The molecule has 9 heteroatoms. The third-order valence-corrected chi connectivity index (χ3v) is 4.56. The van der Waals surface area contributed by atoms with Crippen LogP contribution in [-0.2, 0) is 16.1 Å². The SMILES string of the molecule is COc1cc(CN2C(=O)C(=O)N(C3CCCC3)C2=O)ccc1OC(F)F. The lowest BCUT2D eigenvalue weighted by molar-refractivity contribution is -0.144. The highest BCUT2D eigenvalue weighted by Gasteiger charge is 2.47. The Hall–Kier alpha value is -2.71. The van der Waals surface area contributed by atoms with Crippen molar-refractivity contribution in [1.29, 1.82) is 0 Å². The molecule has 0 aromatic heterocycles. The van der Waals surface area contributed by atoms with E-state index in [1.54, 1.807) is 0 Å². The van der Waals surface area contributed by atoms with Crippen molar-refractivity contribution in [2.75, 3.05) is 7.11 Å². The molecule has 0 spiro atoms. The number of imide groups is 2. The first-order valence-corrected chi connectivity index (χ1v) is 8.23. The molecule has 1 aliphatic carbocycles. The Morgan fingerprint density at radius 1 is 1.12 bits per heavy atom. The van der Waals surface area contributed by atoms with E-state index in [0.29, 0.717) is 18.4 Å². The van der Waals surface area contributed by atoms with Crippen LogP contribution in [0.2, 0.25) is 0 Å². The van der Waals surface area contributed by atoms with Gasteiger partial charge >= 0.3 is 24.5 Å². The van der Waals surface area contributed by atoms with Gasteiger partial charge in [-0.2, -0.15) is 8.78 Å². The summed E-state index contributed by atoms with van der Waals surface area (Å²) in [4.78, 5) is 38.8. The zero-order valence-corrected chi connectivity index (χ0v) is 14.1. The predicted octanol–water partition coefficient (Wildman–Crippen LogP) is 2.53. The summed E-state index contributed by atoms with van der Waals surface area (Å²) in [6.07, 6.45) is 3.23. The highest BCUT2D eigenvalue weighted by molar-refractivity contribution is 6.44. The molecule has 0 radical (unpaired) electrons. The van der Waals surface area contributed by atoms with Gasteiger partial charge in [-0.05, 0) is 30.5 Å². The van der Waals surface area contributed by atoms with Gasteiger partial charge in [-0.3, -0.25) is 19.4 Å². The van der Waals surface area contributed by atoms with Crippen LogP contribution in [-0.4, -0.2) is 47.4 Å². The molecule has 0 N–H and O–H groups in total. The lowest BCUT2D eigenvalue weighted by Gasteiger charge is -2.21. The molecule has 1 aromatic rings. The van der Waals surface area contributed by atoms with Crippen LogP contribution in [0.25, 0.3) is 0 Å². The van der Waals surface area contributed by atoms with Crippen LogP contribution in [0, 0.1) is 0 Å². The fourth-order valence-electron chi connectivity index (χ4n) is 3.33. The minimum atomic E-state index is -3.01. The molecule has 7 nitrogen and oxygen atoms in total. The second kappa shape index (κ2) is 7.27. The molecule has 0 unspecified atom stereocenters. The number of benzene rings is 1. The topological polar surface area (TPSA) is 76.2 Å². The van der Waals surface area contributed by atoms with Gasteiger partial charge in [0, 0.05) is 6.04 Å². The van der Waals surface area contributed by atoms with Crippen molar-refractivity contribution in [3.05, 3.63) is 23.8 Å². The number of carbonyl (C=O) groups excluding carboxylic acids is 3. The van der Waals surface area contributed by atoms with E-state index in [-0.39, 0.29) is 24.1 Å². The summed E-state index contributed by atoms with van der Waals surface area (Å²) >= 11 is 0. The van der Waals surface area contributed by atoms with Gasteiger partial charge in [-0.15, -0.1) is 0 Å². The van der Waals surface area contributed by atoms with Gasteiger partial charge in [-0.25, -0.2) is 4.79 Å². The number of urea groups is 1. The third kappa shape index (κ3) is 3.33. The van der Waals surface area contributed by atoms with Crippen LogP contribution in [0.5, 0.6) is 11.5 Å². The van der Waals surface area contributed by atoms with Gasteiger partial charge in [0.15, 0.2) is 11.5 Å². The second-order valence-electron chi connectivity index (χ2n) is 6.15. The maximum atomic E-state index is 12.5. The monoisotopic (exact) mass is 368 g/mol. The van der Waals surface area contributed by atoms with Crippen LogP contribution < -0.4 is 9.47 Å². The van der Waals surface area contributed by atoms with E-state index in [0.717, 1.165) is 22.6 Å².